The van der Waals surface area contributed by atoms with Gasteiger partial charge in [0.15, 0.2) is 0 Å². The number of amides is 1. The van der Waals surface area contributed by atoms with Gasteiger partial charge >= 0.3 is 0 Å². The molecule has 1 aliphatic rings. The van der Waals surface area contributed by atoms with E-state index in [0.29, 0.717) is 11.9 Å². The Bertz CT molecular complexity index is 317. The summed E-state index contributed by atoms with van der Waals surface area (Å²) < 4.78 is 0. The first-order valence-corrected chi connectivity index (χ1v) is 4.14. The van der Waals surface area contributed by atoms with Crippen molar-refractivity contribution < 1.29 is 4.79 Å². The van der Waals surface area contributed by atoms with E-state index in [1.807, 2.05) is 0 Å². The van der Waals surface area contributed by atoms with Gasteiger partial charge in [0.05, 0.1) is 12.4 Å². The summed E-state index contributed by atoms with van der Waals surface area (Å²) in [6.45, 7) is 0. The molecule has 0 saturated heterocycles. The second-order valence-corrected chi connectivity index (χ2v) is 3.07. The van der Waals surface area contributed by atoms with E-state index in [1.165, 1.54) is 25.2 Å². The molecule has 0 spiro atoms. The van der Waals surface area contributed by atoms with E-state index in [0.717, 1.165) is 0 Å². The molecule has 1 heterocycles. The van der Waals surface area contributed by atoms with Crippen molar-refractivity contribution in [2.75, 3.05) is 5.32 Å². The fourth-order valence-electron chi connectivity index (χ4n) is 0.967. The van der Waals surface area contributed by atoms with Gasteiger partial charge in [0, 0.05) is 6.04 Å². The molecule has 2 rings (SSSR count). The topological polar surface area (TPSA) is 80.9 Å². The Hall–Kier alpha value is -1.65. The summed E-state index contributed by atoms with van der Waals surface area (Å²) in [7, 11) is 0. The highest BCUT2D eigenvalue weighted by Gasteiger charge is 2.21. The Balaban J connectivity index is 2.08. The standard InChI is InChI=1S/C8H10N4O/c9-8(13)6-3-11-7(4-10-6)12-5-1-2-5/h3-5H,1-2H2,(H2,9,13)(H,11,12). The number of primary amides is 1. The molecule has 0 unspecified atom stereocenters. The van der Waals surface area contributed by atoms with Crippen molar-refractivity contribution in [3.8, 4) is 0 Å². The predicted octanol–water partition coefficient (Wildman–Crippen LogP) is 0.150. The molecule has 1 aromatic rings. The van der Waals surface area contributed by atoms with Gasteiger partial charge < -0.3 is 11.1 Å². The molecular formula is C8H10N4O. The van der Waals surface area contributed by atoms with Gasteiger partial charge in [-0.2, -0.15) is 0 Å². The van der Waals surface area contributed by atoms with Crippen molar-refractivity contribution in [3.63, 3.8) is 0 Å². The molecular weight excluding hydrogens is 168 g/mol. The van der Waals surface area contributed by atoms with Crippen LogP contribution in [0, 0.1) is 0 Å². The summed E-state index contributed by atoms with van der Waals surface area (Å²) >= 11 is 0. The molecule has 1 amide bonds. The van der Waals surface area contributed by atoms with Crippen molar-refractivity contribution in [1.82, 2.24) is 9.97 Å². The first-order chi connectivity index (χ1) is 6.25. The van der Waals surface area contributed by atoms with E-state index in [4.69, 9.17) is 5.73 Å². The first kappa shape index (κ1) is 7.97. The molecule has 0 bridgehead atoms. The van der Waals surface area contributed by atoms with E-state index in [9.17, 15) is 4.79 Å². The van der Waals surface area contributed by atoms with Gasteiger partial charge in [-0.15, -0.1) is 0 Å². The summed E-state index contributed by atoms with van der Waals surface area (Å²) in [6.07, 6.45) is 5.27. The van der Waals surface area contributed by atoms with Crippen molar-refractivity contribution in [1.29, 1.82) is 0 Å². The monoisotopic (exact) mass is 178 g/mol. The van der Waals surface area contributed by atoms with Crippen LogP contribution in [-0.4, -0.2) is 21.9 Å². The zero-order valence-electron chi connectivity index (χ0n) is 7.03. The van der Waals surface area contributed by atoms with Crippen LogP contribution >= 0.6 is 0 Å². The average Bonchev–Trinajstić information content (AvgIpc) is 2.89. The third-order valence-corrected chi connectivity index (χ3v) is 1.83. The number of carbonyl (C=O) groups is 1. The van der Waals surface area contributed by atoms with Gasteiger partial charge in [-0.05, 0) is 12.8 Å². The lowest BCUT2D eigenvalue weighted by atomic mass is 10.4. The highest BCUT2D eigenvalue weighted by atomic mass is 16.1. The normalized spacial score (nSPS) is 15.4. The van der Waals surface area contributed by atoms with Gasteiger partial charge in [-0.25, -0.2) is 9.97 Å². The number of nitrogens with one attached hydrogen (secondary N) is 1. The minimum atomic E-state index is -0.550. The Morgan fingerprint density at radius 1 is 1.46 bits per heavy atom. The minimum absolute atomic E-state index is 0.196. The summed E-state index contributed by atoms with van der Waals surface area (Å²) in [5, 5.41) is 3.16. The highest BCUT2D eigenvalue weighted by Crippen LogP contribution is 2.22. The third kappa shape index (κ3) is 1.93. The van der Waals surface area contributed by atoms with Crippen LogP contribution in [0.4, 0.5) is 5.82 Å². The first-order valence-electron chi connectivity index (χ1n) is 4.14. The molecule has 0 radical (unpaired) electrons. The van der Waals surface area contributed by atoms with Crippen LogP contribution in [0.5, 0.6) is 0 Å². The molecule has 0 atom stereocenters. The van der Waals surface area contributed by atoms with Crippen LogP contribution in [0.25, 0.3) is 0 Å². The van der Waals surface area contributed by atoms with Gasteiger partial charge in [-0.3, -0.25) is 4.79 Å². The maximum absolute atomic E-state index is 10.6. The molecule has 5 nitrogen and oxygen atoms in total. The highest BCUT2D eigenvalue weighted by molar-refractivity contribution is 5.90. The fourth-order valence-corrected chi connectivity index (χ4v) is 0.967. The molecule has 3 N–H and O–H groups in total. The number of aromatic nitrogens is 2. The van der Waals surface area contributed by atoms with E-state index >= 15 is 0 Å². The van der Waals surface area contributed by atoms with Crippen molar-refractivity contribution in [3.05, 3.63) is 18.1 Å². The lowest BCUT2D eigenvalue weighted by molar-refractivity contribution is 0.0995. The van der Waals surface area contributed by atoms with Crippen LogP contribution in [0.3, 0.4) is 0 Å². The second kappa shape index (κ2) is 3.01. The molecule has 1 saturated carbocycles. The Morgan fingerprint density at radius 2 is 2.23 bits per heavy atom. The summed E-state index contributed by atoms with van der Waals surface area (Å²) in [5.74, 6) is 0.151. The van der Waals surface area contributed by atoms with Gasteiger partial charge in [0.2, 0.25) is 0 Å². The van der Waals surface area contributed by atoms with E-state index in [-0.39, 0.29) is 5.69 Å². The number of carbonyl (C=O) groups excluding carboxylic acids is 1. The predicted molar refractivity (Wildman–Crippen MR) is 47.2 cm³/mol. The Labute approximate surface area is 75.4 Å². The van der Waals surface area contributed by atoms with Crippen molar-refractivity contribution in [2.24, 2.45) is 5.73 Å². The number of nitrogens with two attached hydrogens (primary N) is 1. The average molecular weight is 178 g/mol. The SMILES string of the molecule is NC(=O)c1cnc(NC2CC2)cn1. The zero-order valence-corrected chi connectivity index (χ0v) is 7.03. The lowest BCUT2D eigenvalue weighted by Gasteiger charge is -2.01. The summed E-state index contributed by atoms with van der Waals surface area (Å²) in [4.78, 5) is 18.5. The number of anilines is 1. The maximum Gasteiger partial charge on any atom is 0.268 e. The zero-order chi connectivity index (χ0) is 9.26. The fraction of sp³-hybridized carbons (Fsp3) is 0.375. The van der Waals surface area contributed by atoms with E-state index < -0.39 is 5.91 Å². The largest absolute Gasteiger partial charge is 0.366 e. The molecule has 13 heavy (non-hydrogen) atoms. The summed E-state index contributed by atoms with van der Waals surface area (Å²) in [5.41, 5.74) is 5.21. The Kier molecular flexibility index (Phi) is 1.84. The van der Waals surface area contributed by atoms with E-state index in [1.54, 1.807) is 0 Å². The van der Waals surface area contributed by atoms with Crippen LogP contribution < -0.4 is 11.1 Å². The van der Waals surface area contributed by atoms with Crippen LogP contribution in [0.1, 0.15) is 23.3 Å². The lowest BCUT2D eigenvalue weighted by Crippen LogP contribution is -2.14. The molecule has 5 heteroatoms. The van der Waals surface area contributed by atoms with Crippen molar-refractivity contribution >= 4 is 11.7 Å². The van der Waals surface area contributed by atoms with Crippen LogP contribution in [0.15, 0.2) is 12.4 Å². The molecule has 0 aromatic carbocycles. The minimum Gasteiger partial charge on any atom is -0.366 e. The van der Waals surface area contributed by atoms with Gasteiger partial charge in [-0.1, -0.05) is 0 Å². The molecule has 1 fully saturated rings. The molecule has 68 valence electrons. The summed E-state index contributed by atoms with van der Waals surface area (Å²) in [6, 6.07) is 0.536. The smallest absolute Gasteiger partial charge is 0.268 e. The van der Waals surface area contributed by atoms with Gasteiger partial charge in [0.25, 0.3) is 5.91 Å². The number of rotatable bonds is 3. The molecule has 1 aromatic heterocycles. The van der Waals surface area contributed by atoms with Crippen LogP contribution in [-0.2, 0) is 0 Å². The third-order valence-electron chi connectivity index (χ3n) is 1.83. The quantitative estimate of drug-likeness (QED) is 0.690. The number of hydrogen-bond acceptors (Lipinski definition) is 4. The molecule has 0 aliphatic heterocycles. The second-order valence-electron chi connectivity index (χ2n) is 3.07. The maximum atomic E-state index is 10.6. The Morgan fingerprint density at radius 3 is 2.69 bits per heavy atom. The molecule has 1 aliphatic carbocycles. The number of hydrogen-bond donors (Lipinski definition) is 2. The van der Waals surface area contributed by atoms with Gasteiger partial charge in [0.1, 0.15) is 11.5 Å². The van der Waals surface area contributed by atoms with Crippen molar-refractivity contribution in [2.45, 2.75) is 18.9 Å². The number of nitrogens with zero attached hydrogens (tertiary/aromatic N) is 2. The van der Waals surface area contributed by atoms with E-state index in [2.05, 4.69) is 15.3 Å². The van der Waals surface area contributed by atoms with Crippen LogP contribution in [0.2, 0.25) is 0 Å².